The fraction of sp³-hybridized carbons (Fsp3) is 0.300. The number of anilines is 2. The number of halogens is 2. The van der Waals surface area contributed by atoms with E-state index >= 15 is 0 Å². The summed E-state index contributed by atoms with van der Waals surface area (Å²) in [4.78, 5) is 11.1. The molecule has 1 atom stereocenters. The molecule has 88 valence electrons. The van der Waals surface area contributed by atoms with Gasteiger partial charge in [0.05, 0.1) is 18.5 Å². The van der Waals surface area contributed by atoms with Crippen LogP contribution in [0.4, 0.5) is 20.2 Å². The van der Waals surface area contributed by atoms with Gasteiger partial charge in [-0.3, -0.25) is 0 Å². The quantitative estimate of drug-likeness (QED) is 0.610. The zero-order valence-corrected chi connectivity index (χ0v) is 8.88. The molecule has 0 spiro atoms. The minimum Gasteiger partial charge on any atom is -0.467 e. The molecule has 0 amide bonds. The number of carbonyl (C=O) groups excluding carboxylic acids is 1. The highest BCUT2D eigenvalue weighted by Gasteiger charge is 2.16. The second-order valence-corrected chi connectivity index (χ2v) is 3.24. The van der Waals surface area contributed by atoms with Gasteiger partial charge >= 0.3 is 5.97 Å². The van der Waals surface area contributed by atoms with E-state index in [4.69, 9.17) is 5.73 Å². The van der Waals surface area contributed by atoms with Crippen molar-refractivity contribution in [1.82, 2.24) is 0 Å². The number of benzene rings is 1. The Morgan fingerprint density at radius 3 is 2.69 bits per heavy atom. The fourth-order valence-electron chi connectivity index (χ4n) is 1.17. The van der Waals surface area contributed by atoms with Crippen LogP contribution in [-0.4, -0.2) is 19.1 Å². The number of ether oxygens (including phenoxy) is 1. The molecule has 0 radical (unpaired) electrons. The Morgan fingerprint density at radius 1 is 1.50 bits per heavy atom. The first-order valence-electron chi connectivity index (χ1n) is 4.54. The zero-order chi connectivity index (χ0) is 12.3. The Kier molecular flexibility index (Phi) is 3.65. The number of methoxy groups -OCH3 is 1. The standard InChI is InChI=1S/C10H12F2N2O2/c1-5(10(15)16-2)14-8-4-6(11)3-7(12)9(8)13/h3-5,14H,13H2,1-2H3. The molecule has 1 aromatic carbocycles. The summed E-state index contributed by atoms with van der Waals surface area (Å²) in [6, 6.07) is 0.940. The van der Waals surface area contributed by atoms with Crippen LogP contribution in [0.25, 0.3) is 0 Å². The van der Waals surface area contributed by atoms with E-state index in [1.807, 2.05) is 0 Å². The van der Waals surface area contributed by atoms with Crippen LogP contribution in [0, 0.1) is 11.6 Å². The molecule has 1 aromatic rings. The van der Waals surface area contributed by atoms with Crippen LogP contribution in [0.3, 0.4) is 0 Å². The van der Waals surface area contributed by atoms with Gasteiger partial charge < -0.3 is 15.8 Å². The monoisotopic (exact) mass is 230 g/mol. The lowest BCUT2D eigenvalue weighted by Crippen LogP contribution is -2.27. The predicted octanol–water partition coefficient (Wildman–Crippen LogP) is 1.52. The van der Waals surface area contributed by atoms with Crippen LogP contribution >= 0.6 is 0 Å². The van der Waals surface area contributed by atoms with Crippen LogP contribution in [0.2, 0.25) is 0 Å². The molecule has 3 N–H and O–H groups in total. The number of nitrogen functional groups attached to an aromatic ring is 1. The van der Waals surface area contributed by atoms with Gasteiger partial charge in [0.2, 0.25) is 0 Å². The minimum absolute atomic E-state index is 0.0235. The summed E-state index contributed by atoms with van der Waals surface area (Å²) >= 11 is 0. The van der Waals surface area contributed by atoms with E-state index in [9.17, 15) is 13.6 Å². The molecule has 0 aliphatic carbocycles. The van der Waals surface area contributed by atoms with Gasteiger partial charge in [-0.25, -0.2) is 13.6 Å². The molecule has 0 saturated heterocycles. The van der Waals surface area contributed by atoms with Crippen molar-refractivity contribution in [2.45, 2.75) is 13.0 Å². The third kappa shape index (κ3) is 2.59. The molecule has 1 unspecified atom stereocenters. The summed E-state index contributed by atoms with van der Waals surface area (Å²) in [6.45, 7) is 1.49. The third-order valence-electron chi connectivity index (χ3n) is 2.02. The number of nitrogens with two attached hydrogens (primary N) is 1. The topological polar surface area (TPSA) is 64.3 Å². The number of carbonyl (C=O) groups is 1. The van der Waals surface area contributed by atoms with E-state index in [0.717, 1.165) is 6.07 Å². The highest BCUT2D eigenvalue weighted by atomic mass is 19.1. The maximum absolute atomic E-state index is 13.1. The van der Waals surface area contributed by atoms with E-state index in [1.54, 1.807) is 0 Å². The van der Waals surface area contributed by atoms with Gasteiger partial charge in [-0.2, -0.15) is 0 Å². The van der Waals surface area contributed by atoms with Gasteiger partial charge in [-0.15, -0.1) is 0 Å². The average Bonchev–Trinajstić information content (AvgIpc) is 2.23. The van der Waals surface area contributed by atoms with Crippen LogP contribution in [0.5, 0.6) is 0 Å². The average molecular weight is 230 g/mol. The van der Waals surface area contributed by atoms with Crippen molar-refractivity contribution in [1.29, 1.82) is 0 Å². The first-order valence-corrected chi connectivity index (χ1v) is 4.54. The molecular weight excluding hydrogens is 218 g/mol. The number of hydrogen-bond donors (Lipinski definition) is 2. The van der Waals surface area contributed by atoms with Gasteiger partial charge in [0.15, 0.2) is 5.82 Å². The lowest BCUT2D eigenvalue weighted by atomic mass is 10.2. The second kappa shape index (κ2) is 4.78. The first-order chi connectivity index (χ1) is 7.45. The number of rotatable bonds is 3. The molecular formula is C10H12F2N2O2. The molecule has 4 nitrogen and oxygen atoms in total. The molecule has 0 heterocycles. The zero-order valence-electron chi connectivity index (χ0n) is 8.88. The summed E-state index contributed by atoms with van der Waals surface area (Å²) in [7, 11) is 1.22. The van der Waals surface area contributed by atoms with Crippen molar-refractivity contribution in [2.24, 2.45) is 0 Å². The molecule has 0 saturated carbocycles. The van der Waals surface area contributed by atoms with Gasteiger partial charge in [0.25, 0.3) is 0 Å². The summed E-state index contributed by atoms with van der Waals surface area (Å²) in [5.41, 5.74) is 5.17. The van der Waals surface area contributed by atoms with Crippen LogP contribution < -0.4 is 11.1 Å². The van der Waals surface area contributed by atoms with E-state index in [1.165, 1.54) is 14.0 Å². The maximum atomic E-state index is 13.1. The normalized spacial score (nSPS) is 12.0. The van der Waals surface area contributed by atoms with Gasteiger partial charge in [-0.05, 0) is 13.0 Å². The Labute approximate surface area is 91.4 Å². The molecule has 1 rings (SSSR count). The minimum atomic E-state index is -0.875. The van der Waals surface area contributed by atoms with E-state index in [-0.39, 0.29) is 11.4 Å². The van der Waals surface area contributed by atoms with E-state index in [0.29, 0.717) is 6.07 Å². The Morgan fingerprint density at radius 2 is 2.12 bits per heavy atom. The number of nitrogens with one attached hydrogen (secondary N) is 1. The second-order valence-electron chi connectivity index (χ2n) is 3.24. The molecule has 0 fully saturated rings. The highest BCUT2D eigenvalue weighted by Crippen LogP contribution is 2.24. The summed E-state index contributed by atoms with van der Waals surface area (Å²) in [5, 5.41) is 2.56. The smallest absolute Gasteiger partial charge is 0.327 e. The van der Waals surface area contributed by atoms with E-state index in [2.05, 4.69) is 10.1 Å². The SMILES string of the molecule is COC(=O)C(C)Nc1cc(F)cc(F)c1N. The van der Waals surface area contributed by atoms with Crippen molar-refractivity contribution in [2.75, 3.05) is 18.2 Å². The first kappa shape index (κ1) is 12.2. The molecule has 6 heteroatoms. The van der Waals surface area contributed by atoms with Crippen LogP contribution in [0.1, 0.15) is 6.92 Å². The largest absolute Gasteiger partial charge is 0.467 e. The lowest BCUT2D eigenvalue weighted by Gasteiger charge is -2.15. The molecule has 0 aliphatic heterocycles. The van der Waals surface area contributed by atoms with E-state index < -0.39 is 23.6 Å². The molecule has 0 aliphatic rings. The van der Waals surface area contributed by atoms with Crippen molar-refractivity contribution >= 4 is 17.3 Å². The van der Waals surface area contributed by atoms with Gasteiger partial charge in [-0.1, -0.05) is 0 Å². The van der Waals surface area contributed by atoms with Crippen LogP contribution in [-0.2, 0) is 9.53 Å². The number of hydrogen-bond acceptors (Lipinski definition) is 4. The van der Waals surface area contributed by atoms with Crippen molar-refractivity contribution < 1.29 is 18.3 Å². The third-order valence-corrected chi connectivity index (χ3v) is 2.02. The predicted molar refractivity (Wildman–Crippen MR) is 55.9 cm³/mol. The molecule has 0 bridgehead atoms. The van der Waals surface area contributed by atoms with Gasteiger partial charge in [0.1, 0.15) is 11.9 Å². The van der Waals surface area contributed by atoms with Crippen molar-refractivity contribution in [3.63, 3.8) is 0 Å². The molecule has 0 aromatic heterocycles. The summed E-state index contributed by atoms with van der Waals surface area (Å²) in [6.07, 6.45) is 0. The Hall–Kier alpha value is -1.85. The Bertz CT molecular complexity index is 410. The lowest BCUT2D eigenvalue weighted by molar-refractivity contribution is -0.141. The highest BCUT2D eigenvalue weighted by molar-refractivity contribution is 5.80. The summed E-state index contributed by atoms with van der Waals surface area (Å²) < 4.78 is 30.4. The summed E-state index contributed by atoms with van der Waals surface area (Å²) in [5.74, 6) is -2.20. The maximum Gasteiger partial charge on any atom is 0.327 e. The van der Waals surface area contributed by atoms with Crippen molar-refractivity contribution in [3.8, 4) is 0 Å². The van der Waals surface area contributed by atoms with Crippen LogP contribution in [0.15, 0.2) is 12.1 Å². The number of esters is 1. The van der Waals surface area contributed by atoms with Gasteiger partial charge in [0, 0.05) is 6.07 Å². The molecule has 16 heavy (non-hydrogen) atoms. The Balaban J connectivity index is 2.93. The fourth-order valence-corrected chi connectivity index (χ4v) is 1.17. The van der Waals surface area contributed by atoms with Crippen molar-refractivity contribution in [3.05, 3.63) is 23.8 Å².